The molecule has 0 aliphatic rings. The van der Waals surface area contributed by atoms with E-state index in [9.17, 15) is 13.2 Å². The molecule has 3 aromatic rings. The van der Waals surface area contributed by atoms with Gasteiger partial charge in [0.1, 0.15) is 5.75 Å². The molecule has 6 heteroatoms. The van der Waals surface area contributed by atoms with Crippen LogP contribution in [0.1, 0.15) is 17.2 Å². The molecular formula is C21H19NO4S. The van der Waals surface area contributed by atoms with Crippen molar-refractivity contribution in [2.45, 2.75) is 11.9 Å². The van der Waals surface area contributed by atoms with Crippen LogP contribution in [0.3, 0.4) is 0 Å². The maximum atomic E-state index is 12.7. The van der Waals surface area contributed by atoms with Gasteiger partial charge in [-0.25, -0.2) is 0 Å². The quantitative estimate of drug-likeness (QED) is 0.630. The van der Waals surface area contributed by atoms with Crippen molar-refractivity contribution in [3.8, 4) is 0 Å². The van der Waals surface area contributed by atoms with Crippen molar-refractivity contribution in [1.82, 2.24) is 0 Å². The molecule has 0 spiro atoms. The summed E-state index contributed by atoms with van der Waals surface area (Å²) < 4.78 is 30.4. The SMILES string of the molecule is O=C(Nc1ccccc1)[C@@H](OS(=O)(=O)Cc1ccccc1)c1ccccc1. The normalized spacial score (nSPS) is 12.3. The second kappa shape index (κ2) is 8.62. The maximum absolute atomic E-state index is 12.7. The van der Waals surface area contributed by atoms with Crippen molar-refractivity contribution in [1.29, 1.82) is 0 Å². The van der Waals surface area contributed by atoms with Gasteiger partial charge in [-0.2, -0.15) is 8.42 Å². The molecule has 1 atom stereocenters. The first-order valence-electron chi connectivity index (χ1n) is 8.39. The summed E-state index contributed by atoms with van der Waals surface area (Å²) in [6.07, 6.45) is -1.28. The molecule has 1 N–H and O–H groups in total. The third-order valence-corrected chi connectivity index (χ3v) is 4.98. The molecule has 0 saturated heterocycles. The number of anilines is 1. The van der Waals surface area contributed by atoms with Crippen molar-refractivity contribution >= 4 is 21.7 Å². The molecule has 0 radical (unpaired) electrons. The first kappa shape index (κ1) is 18.8. The Labute approximate surface area is 158 Å². The average Bonchev–Trinajstić information content (AvgIpc) is 2.68. The summed E-state index contributed by atoms with van der Waals surface area (Å²) >= 11 is 0. The minimum Gasteiger partial charge on any atom is -0.323 e. The van der Waals surface area contributed by atoms with Crippen molar-refractivity contribution in [2.75, 3.05) is 5.32 Å². The van der Waals surface area contributed by atoms with E-state index in [1.807, 2.05) is 6.07 Å². The highest BCUT2D eigenvalue weighted by Gasteiger charge is 2.28. The van der Waals surface area contributed by atoms with E-state index in [4.69, 9.17) is 4.18 Å². The van der Waals surface area contributed by atoms with E-state index in [1.54, 1.807) is 84.9 Å². The molecule has 5 nitrogen and oxygen atoms in total. The average molecular weight is 381 g/mol. The van der Waals surface area contributed by atoms with Crippen molar-refractivity contribution in [2.24, 2.45) is 0 Å². The molecule has 0 heterocycles. The number of amides is 1. The molecule has 27 heavy (non-hydrogen) atoms. The number of hydrogen-bond donors (Lipinski definition) is 1. The molecule has 0 bridgehead atoms. The van der Waals surface area contributed by atoms with Gasteiger partial charge < -0.3 is 5.32 Å². The van der Waals surface area contributed by atoms with E-state index in [0.29, 0.717) is 16.8 Å². The minimum atomic E-state index is -3.98. The van der Waals surface area contributed by atoms with Crippen molar-refractivity contribution in [3.63, 3.8) is 0 Å². The van der Waals surface area contributed by atoms with Crippen LogP contribution >= 0.6 is 0 Å². The van der Waals surface area contributed by atoms with Crippen LogP contribution in [0.5, 0.6) is 0 Å². The second-order valence-electron chi connectivity index (χ2n) is 5.93. The van der Waals surface area contributed by atoms with E-state index in [0.717, 1.165) is 0 Å². The second-order valence-corrected chi connectivity index (χ2v) is 7.53. The largest absolute Gasteiger partial charge is 0.323 e. The van der Waals surface area contributed by atoms with Gasteiger partial charge in [0, 0.05) is 5.69 Å². The Morgan fingerprint density at radius 3 is 1.93 bits per heavy atom. The van der Waals surface area contributed by atoms with Gasteiger partial charge in [0.25, 0.3) is 16.0 Å². The van der Waals surface area contributed by atoms with Crippen LogP contribution in [0, 0.1) is 0 Å². The Balaban J connectivity index is 1.83. The molecular weight excluding hydrogens is 362 g/mol. The molecule has 1 amide bonds. The maximum Gasteiger partial charge on any atom is 0.272 e. The van der Waals surface area contributed by atoms with Crippen LogP contribution in [-0.2, 0) is 24.8 Å². The van der Waals surface area contributed by atoms with Crippen LogP contribution in [0.25, 0.3) is 0 Å². The third kappa shape index (κ3) is 5.51. The first-order valence-corrected chi connectivity index (χ1v) is 9.97. The van der Waals surface area contributed by atoms with E-state index in [2.05, 4.69) is 5.32 Å². The Bertz CT molecular complexity index is 974. The van der Waals surface area contributed by atoms with Crippen LogP contribution in [0.4, 0.5) is 5.69 Å². The lowest BCUT2D eigenvalue weighted by molar-refractivity contribution is -0.122. The number of carbonyl (C=O) groups excluding carboxylic acids is 1. The number of benzene rings is 3. The van der Waals surface area contributed by atoms with Gasteiger partial charge in [0.2, 0.25) is 0 Å². The number of hydrogen-bond acceptors (Lipinski definition) is 4. The predicted octanol–water partition coefficient (Wildman–Crippen LogP) is 3.91. The monoisotopic (exact) mass is 381 g/mol. The molecule has 3 aromatic carbocycles. The van der Waals surface area contributed by atoms with E-state index < -0.39 is 22.1 Å². The van der Waals surface area contributed by atoms with Crippen LogP contribution in [-0.4, -0.2) is 14.3 Å². The smallest absolute Gasteiger partial charge is 0.272 e. The lowest BCUT2D eigenvalue weighted by atomic mass is 10.1. The van der Waals surface area contributed by atoms with Crippen molar-refractivity contribution in [3.05, 3.63) is 102 Å². The van der Waals surface area contributed by atoms with Crippen molar-refractivity contribution < 1.29 is 17.4 Å². The zero-order valence-electron chi connectivity index (χ0n) is 14.5. The summed E-state index contributed by atoms with van der Waals surface area (Å²) in [5.74, 6) is -0.862. The fourth-order valence-corrected chi connectivity index (χ4v) is 3.73. The lowest BCUT2D eigenvalue weighted by Gasteiger charge is -2.18. The van der Waals surface area contributed by atoms with Gasteiger partial charge in [-0.05, 0) is 23.3 Å². The molecule has 3 rings (SSSR count). The fourth-order valence-electron chi connectivity index (χ4n) is 2.57. The Kier molecular flexibility index (Phi) is 6.01. The lowest BCUT2D eigenvalue weighted by Crippen LogP contribution is -2.26. The highest BCUT2D eigenvalue weighted by molar-refractivity contribution is 7.85. The number of para-hydroxylation sites is 1. The van der Waals surface area contributed by atoms with Gasteiger partial charge in [-0.1, -0.05) is 78.9 Å². The number of rotatable bonds is 7. The molecule has 0 aliphatic heterocycles. The highest BCUT2D eigenvalue weighted by atomic mass is 32.2. The van der Waals surface area contributed by atoms with Gasteiger partial charge in [0.15, 0.2) is 6.10 Å². The minimum absolute atomic E-state index is 0.310. The zero-order chi connectivity index (χ0) is 19.1. The number of nitrogens with one attached hydrogen (secondary N) is 1. The summed E-state index contributed by atoms with van der Waals surface area (Å²) in [5.41, 5.74) is 1.61. The summed E-state index contributed by atoms with van der Waals surface area (Å²) in [4.78, 5) is 12.7. The molecule has 0 unspecified atom stereocenters. The van der Waals surface area contributed by atoms with Gasteiger partial charge >= 0.3 is 0 Å². The Hall–Kier alpha value is -2.96. The summed E-state index contributed by atoms with van der Waals surface area (Å²) in [6.45, 7) is 0. The third-order valence-electron chi connectivity index (χ3n) is 3.81. The van der Waals surface area contributed by atoms with E-state index in [1.165, 1.54) is 0 Å². The number of carbonyl (C=O) groups is 1. The summed E-state index contributed by atoms with van der Waals surface area (Å²) in [7, 11) is -3.98. The standard InChI is InChI=1S/C21H19NO4S/c23-21(22-19-14-8-3-9-15-19)20(18-12-6-2-7-13-18)26-27(24,25)16-17-10-4-1-5-11-17/h1-15,20H,16H2,(H,22,23)/t20-/m0/s1. The Morgan fingerprint density at radius 1 is 0.815 bits per heavy atom. The van der Waals surface area contributed by atoms with Crippen LogP contribution < -0.4 is 5.32 Å². The van der Waals surface area contributed by atoms with E-state index >= 15 is 0 Å². The highest BCUT2D eigenvalue weighted by Crippen LogP contribution is 2.23. The van der Waals surface area contributed by atoms with Gasteiger partial charge in [-0.15, -0.1) is 0 Å². The van der Waals surface area contributed by atoms with Gasteiger partial charge in [0.05, 0.1) is 0 Å². The topological polar surface area (TPSA) is 72.5 Å². The molecule has 138 valence electrons. The molecule has 0 saturated carbocycles. The molecule has 0 fully saturated rings. The Morgan fingerprint density at radius 2 is 1.33 bits per heavy atom. The fraction of sp³-hybridized carbons (Fsp3) is 0.0952. The summed E-state index contributed by atoms with van der Waals surface area (Å²) in [5, 5.41) is 2.70. The predicted molar refractivity (Wildman–Crippen MR) is 104 cm³/mol. The van der Waals surface area contributed by atoms with Gasteiger partial charge in [-0.3, -0.25) is 8.98 Å². The van der Waals surface area contributed by atoms with Crippen LogP contribution in [0.15, 0.2) is 91.0 Å². The zero-order valence-corrected chi connectivity index (χ0v) is 15.3. The molecule has 0 aromatic heterocycles. The van der Waals surface area contributed by atoms with E-state index in [-0.39, 0.29) is 5.75 Å². The molecule has 0 aliphatic carbocycles. The summed E-state index contributed by atoms with van der Waals surface area (Å²) in [6, 6.07) is 26.1. The van der Waals surface area contributed by atoms with Crippen LogP contribution in [0.2, 0.25) is 0 Å². The first-order chi connectivity index (χ1) is 13.0.